The monoisotopic (exact) mass is 347 g/mol. The molecule has 0 spiro atoms. The average Bonchev–Trinajstić information content (AvgIpc) is 2.43. The van der Waals surface area contributed by atoms with Crippen LogP contribution in [-0.4, -0.2) is 5.71 Å². The number of oxime groups is 1. The van der Waals surface area contributed by atoms with Gasteiger partial charge in [-0.3, -0.25) is 0 Å². The number of hydrogen-bond donors (Lipinski definition) is 0. The number of alkyl halides is 3. The summed E-state index contributed by atoms with van der Waals surface area (Å²) >= 11 is 11.6. The van der Waals surface area contributed by atoms with Crippen molar-refractivity contribution in [1.29, 1.82) is 0 Å². The zero-order chi connectivity index (χ0) is 16.3. The summed E-state index contributed by atoms with van der Waals surface area (Å²) in [7, 11) is 0. The SMILES string of the molecule is CC(=NOc1cccc(Cl)c1)c1cc(Cl)ccc1C(F)(F)F. The van der Waals surface area contributed by atoms with Crippen molar-refractivity contribution >= 4 is 28.9 Å². The van der Waals surface area contributed by atoms with Gasteiger partial charge in [0, 0.05) is 21.7 Å². The number of halogens is 5. The molecule has 2 nitrogen and oxygen atoms in total. The second kappa shape index (κ2) is 6.58. The molecule has 0 unspecified atom stereocenters. The van der Waals surface area contributed by atoms with Gasteiger partial charge in [0.2, 0.25) is 0 Å². The van der Waals surface area contributed by atoms with E-state index in [2.05, 4.69) is 5.16 Å². The molecule has 0 saturated carbocycles. The normalized spacial score (nSPS) is 12.4. The minimum Gasteiger partial charge on any atom is -0.357 e. The third kappa shape index (κ3) is 4.15. The van der Waals surface area contributed by atoms with Crippen molar-refractivity contribution in [3.8, 4) is 5.75 Å². The van der Waals surface area contributed by atoms with Crippen LogP contribution in [0.25, 0.3) is 0 Å². The molecular formula is C15H10Cl2F3NO. The molecule has 0 aliphatic rings. The van der Waals surface area contributed by atoms with Gasteiger partial charge in [-0.2, -0.15) is 13.2 Å². The van der Waals surface area contributed by atoms with Gasteiger partial charge < -0.3 is 4.84 Å². The maximum atomic E-state index is 13.0. The first kappa shape index (κ1) is 16.6. The molecule has 2 aromatic carbocycles. The fraction of sp³-hybridized carbons (Fsp3) is 0.133. The molecule has 0 atom stereocenters. The van der Waals surface area contributed by atoms with Crippen LogP contribution in [0.3, 0.4) is 0 Å². The van der Waals surface area contributed by atoms with E-state index in [4.69, 9.17) is 28.0 Å². The van der Waals surface area contributed by atoms with Crippen molar-refractivity contribution in [2.45, 2.75) is 13.1 Å². The van der Waals surface area contributed by atoms with Crippen molar-refractivity contribution in [2.75, 3.05) is 0 Å². The molecule has 0 heterocycles. The van der Waals surface area contributed by atoms with Crippen LogP contribution in [0.1, 0.15) is 18.1 Å². The van der Waals surface area contributed by atoms with Gasteiger partial charge in [-0.1, -0.05) is 34.4 Å². The first-order valence-corrected chi connectivity index (χ1v) is 6.87. The molecule has 0 aliphatic carbocycles. The van der Waals surface area contributed by atoms with Gasteiger partial charge in [-0.25, -0.2) is 0 Å². The third-order valence-electron chi connectivity index (χ3n) is 2.76. The van der Waals surface area contributed by atoms with E-state index in [1.54, 1.807) is 18.2 Å². The molecule has 0 bridgehead atoms. The molecule has 2 aromatic rings. The summed E-state index contributed by atoms with van der Waals surface area (Å²) in [6.45, 7) is 1.41. The Labute approximate surface area is 135 Å². The van der Waals surface area contributed by atoms with Crippen molar-refractivity contribution in [2.24, 2.45) is 5.16 Å². The Morgan fingerprint density at radius 1 is 1.05 bits per heavy atom. The topological polar surface area (TPSA) is 21.6 Å². The first-order valence-electron chi connectivity index (χ1n) is 6.11. The van der Waals surface area contributed by atoms with Crippen LogP contribution >= 0.6 is 23.2 Å². The number of benzene rings is 2. The van der Waals surface area contributed by atoms with Crippen LogP contribution in [0, 0.1) is 0 Å². The van der Waals surface area contributed by atoms with Gasteiger partial charge >= 0.3 is 6.18 Å². The fourth-order valence-electron chi connectivity index (χ4n) is 1.76. The molecule has 0 aromatic heterocycles. The van der Waals surface area contributed by atoms with E-state index >= 15 is 0 Å². The quantitative estimate of drug-likeness (QED) is 0.506. The summed E-state index contributed by atoms with van der Waals surface area (Å²) in [6, 6.07) is 9.67. The zero-order valence-corrected chi connectivity index (χ0v) is 12.8. The Morgan fingerprint density at radius 2 is 1.73 bits per heavy atom. The number of nitrogens with zero attached hydrogens (tertiary/aromatic N) is 1. The van der Waals surface area contributed by atoms with E-state index in [9.17, 15) is 13.2 Å². The Balaban J connectivity index is 2.34. The van der Waals surface area contributed by atoms with Gasteiger partial charge in [0.05, 0.1) is 11.3 Å². The van der Waals surface area contributed by atoms with Crippen molar-refractivity contribution in [3.63, 3.8) is 0 Å². The highest BCUT2D eigenvalue weighted by molar-refractivity contribution is 6.31. The first-order chi connectivity index (χ1) is 10.3. The van der Waals surface area contributed by atoms with Crippen LogP contribution in [0.2, 0.25) is 10.0 Å². The summed E-state index contributed by atoms with van der Waals surface area (Å²) in [5.74, 6) is 0.322. The Morgan fingerprint density at radius 3 is 2.36 bits per heavy atom. The highest BCUT2D eigenvalue weighted by atomic mass is 35.5. The summed E-state index contributed by atoms with van der Waals surface area (Å²) in [5, 5.41) is 4.34. The highest BCUT2D eigenvalue weighted by Crippen LogP contribution is 2.33. The van der Waals surface area contributed by atoms with E-state index < -0.39 is 11.7 Å². The van der Waals surface area contributed by atoms with Crippen LogP contribution < -0.4 is 4.84 Å². The lowest BCUT2D eigenvalue weighted by molar-refractivity contribution is -0.137. The van der Waals surface area contributed by atoms with Crippen molar-refractivity contribution < 1.29 is 18.0 Å². The predicted molar refractivity (Wildman–Crippen MR) is 80.7 cm³/mol. The van der Waals surface area contributed by atoms with Crippen molar-refractivity contribution in [1.82, 2.24) is 0 Å². The maximum absolute atomic E-state index is 13.0. The molecule has 0 saturated heterocycles. The zero-order valence-electron chi connectivity index (χ0n) is 11.3. The predicted octanol–water partition coefficient (Wildman–Crippen LogP) is 5.82. The van der Waals surface area contributed by atoms with Gasteiger partial charge in [0.1, 0.15) is 0 Å². The second-order valence-electron chi connectivity index (χ2n) is 4.41. The van der Waals surface area contributed by atoms with Gasteiger partial charge in [-0.15, -0.1) is 0 Å². The van der Waals surface area contributed by atoms with E-state index in [1.807, 2.05) is 0 Å². The third-order valence-corrected chi connectivity index (χ3v) is 3.23. The second-order valence-corrected chi connectivity index (χ2v) is 5.29. The lowest BCUT2D eigenvalue weighted by atomic mass is 10.0. The van der Waals surface area contributed by atoms with Gasteiger partial charge in [0.25, 0.3) is 0 Å². The van der Waals surface area contributed by atoms with Crippen molar-refractivity contribution in [3.05, 3.63) is 63.6 Å². The van der Waals surface area contributed by atoms with E-state index in [0.29, 0.717) is 10.8 Å². The van der Waals surface area contributed by atoms with Crippen LogP contribution in [0.15, 0.2) is 47.6 Å². The molecule has 0 amide bonds. The Hall–Kier alpha value is -1.72. The lowest BCUT2D eigenvalue weighted by Gasteiger charge is -2.12. The summed E-state index contributed by atoms with van der Waals surface area (Å²) in [6.07, 6.45) is -4.51. The minimum absolute atomic E-state index is 0.0507. The lowest BCUT2D eigenvalue weighted by Crippen LogP contribution is -2.12. The van der Waals surface area contributed by atoms with E-state index in [0.717, 1.165) is 6.07 Å². The molecule has 0 aliphatic heterocycles. The molecule has 22 heavy (non-hydrogen) atoms. The average molecular weight is 348 g/mol. The number of hydrogen-bond acceptors (Lipinski definition) is 2. The summed E-state index contributed by atoms with van der Waals surface area (Å²) < 4.78 is 39.0. The molecule has 2 rings (SSSR count). The Bertz CT molecular complexity index is 714. The molecule has 7 heteroatoms. The van der Waals surface area contributed by atoms with Gasteiger partial charge in [0.15, 0.2) is 5.75 Å². The molecule has 116 valence electrons. The molecule has 0 N–H and O–H groups in total. The van der Waals surface area contributed by atoms with Crippen LogP contribution in [0.5, 0.6) is 5.75 Å². The number of rotatable bonds is 3. The molecular weight excluding hydrogens is 338 g/mol. The smallest absolute Gasteiger partial charge is 0.357 e. The molecule has 0 fully saturated rings. The van der Waals surface area contributed by atoms with Gasteiger partial charge in [-0.05, 0) is 37.3 Å². The minimum atomic E-state index is -4.51. The summed E-state index contributed by atoms with van der Waals surface area (Å²) in [4.78, 5) is 5.10. The van der Waals surface area contributed by atoms with Crippen LogP contribution in [-0.2, 0) is 6.18 Å². The molecule has 0 radical (unpaired) electrons. The highest BCUT2D eigenvalue weighted by Gasteiger charge is 2.34. The van der Waals surface area contributed by atoms with Crippen LogP contribution in [0.4, 0.5) is 13.2 Å². The standard InChI is InChI=1S/C15H10Cl2F3NO/c1-9(21-22-12-4-2-3-10(16)7-12)13-8-11(17)5-6-14(13)15(18,19)20/h2-8H,1H3. The largest absolute Gasteiger partial charge is 0.417 e. The Kier molecular flexibility index (Phi) is 4.98. The summed E-state index contributed by atoms with van der Waals surface area (Å²) in [5.41, 5.74) is -0.912. The maximum Gasteiger partial charge on any atom is 0.417 e. The fourth-order valence-corrected chi connectivity index (χ4v) is 2.11. The van der Waals surface area contributed by atoms with E-state index in [1.165, 1.54) is 25.1 Å². The van der Waals surface area contributed by atoms with E-state index in [-0.39, 0.29) is 16.3 Å².